The molecule has 1 aliphatic rings. The lowest BCUT2D eigenvalue weighted by Crippen LogP contribution is -2.50. The van der Waals surface area contributed by atoms with E-state index in [9.17, 15) is 22.8 Å². The Bertz CT molecular complexity index is 398. The monoisotopic (exact) mass is 296 g/mol. The molecular weight excluding hydrogens is 277 g/mol. The van der Waals surface area contributed by atoms with Gasteiger partial charge in [0.2, 0.25) is 5.91 Å². The van der Waals surface area contributed by atoms with E-state index in [1.807, 2.05) is 13.8 Å². The first-order valence-electron chi connectivity index (χ1n) is 6.36. The predicted octanol–water partition coefficient (Wildman–Crippen LogP) is 1.23. The standard InChI is InChI=1S/C12H19F3N2O3/c1-7(2)5-8(16)9(18)17-4-3-11(6-17,10(19)20)12(13,14)15/h7-8H,3-6,16H2,1-2H3,(H,19,20)/t8-,11?/m0/s1. The fraction of sp³-hybridized carbons (Fsp3) is 0.833. The van der Waals surface area contributed by atoms with Crippen LogP contribution in [0.1, 0.15) is 26.7 Å². The average molecular weight is 296 g/mol. The molecule has 1 unspecified atom stereocenters. The quantitative estimate of drug-likeness (QED) is 0.817. The number of nitrogens with zero attached hydrogens (tertiary/aromatic N) is 1. The number of nitrogens with two attached hydrogens (primary N) is 1. The highest BCUT2D eigenvalue weighted by Gasteiger charge is 2.64. The van der Waals surface area contributed by atoms with Crippen molar-refractivity contribution in [1.82, 2.24) is 4.90 Å². The maximum absolute atomic E-state index is 13.0. The molecule has 0 spiro atoms. The Balaban J connectivity index is 2.85. The van der Waals surface area contributed by atoms with Gasteiger partial charge in [-0.05, 0) is 18.8 Å². The number of alkyl halides is 3. The Morgan fingerprint density at radius 1 is 1.40 bits per heavy atom. The van der Waals surface area contributed by atoms with Crippen molar-refractivity contribution in [3.63, 3.8) is 0 Å². The second-order valence-corrected chi connectivity index (χ2v) is 5.63. The zero-order valence-corrected chi connectivity index (χ0v) is 11.4. The number of likely N-dealkylation sites (tertiary alicyclic amines) is 1. The molecule has 1 fully saturated rings. The van der Waals surface area contributed by atoms with Crippen molar-refractivity contribution in [1.29, 1.82) is 0 Å². The summed E-state index contributed by atoms with van der Waals surface area (Å²) in [6.45, 7) is 2.58. The Hall–Kier alpha value is -1.31. The van der Waals surface area contributed by atoms with E-state index in [1.165, 1.54) is 0 Å². The number of hydrogen-bond acceptors (Lipinski definition) is 3. The van der Waals surface area contributed by atoms with E-state index in [0.717, 1.165) is 4.90 Å². The molecule has 5 nitrogen and oxygen atoms in total. The van der Waals surface area contributed by atoms with E-state index in [2.05, 4.69) is 0 Å². The maximum Gasteiger partial charge on any atom is 0.406 e. The first-order valence-corrected chi connectivity index (χ1v) is 6.36. The van der Waals surface area contributed by atoms with Crippen molar-refractivity contribution in [2.75, 3.05) is 13.1 Å². The van der Waals surface area contributed by atoms with Crippen LogP contribution in [0.4, 0.5) is 13.2 Å². The van der Waals surface area contributed by atoms with Gasteiger partial charge in [0.25, 0.3) is 0 Å². The molecule has 1 saturated heterocycles. The molecule has 1 rings (SSSR count). The van der Waals surface area contributed by atoms with Crippen LogP contribution in [-0.4, -0.2) is 47.2 Å². The minimum atomic E-state index is -4.89. The highest BCUT2D eigenvalue weighted by Crippen LogP contribution is 2.45. The van der Waals surface area contributed by atoms with Crippen LogP contribution < -0.4 is 5.73 Å². The molecule has 0 aromatic heterocycles. The minimum Gasteiger partial charge on any atom is -0.481 e. The number of hydrogen-bond donors (Lipinski definition) is 2. The van der Waals surface area contributed by atoms with E-state index in [4.69, 9.17) is 10.8 Å². The van der Waals surface area contributed by atoms with Crippen molar-refractivity contribution in [3.8, 4) is 0 Å². The molecule has 0 aromatic rings. The van der Waals surface area contributed by atoms with Gasteiger partial charge in [-0.2, -0.15) is 13.2 Å². The number of carbonyl (C=O) groups excluding carboxylic acids is 1. The molecule has 1 heterocycles. The van der Waals surface area contributed by atoms with Crippen molar-refractivity contribution in [3.05, 3.63) is 0 Å². The predicted molar refractivity (Wildman–Crippen MR) is 64.8 cm³/mol. The minimum absolute atomic E-state index is 0.128. The Labute approximate surface area is 114 Å². The van der Waals surface area contributed by atoms with Gasteiger partial charge in [0.05, 0.1) is 6.04 Å². The third-order valence-electron chi connectivity index (χ3n) is 3.58. The molecule has 20 heavy (non-hydrogen) atoms. The van der Waals surface area contributed by atoms with E-state index >= 15 is 0 Å². The van der Waals surface area contributed by atoms with Crippen LogP contribution in [0, 0.1) is 11.3 Å². The van der Waals surface area contributed by atoms with Crippen molar-refractivity contribution < 1.29 is 27.9 Å². The van der Waals surface area contributed by atoms with Gasteiger partial charge >= 0.3 is 12.1 Å². The normalized spacial score (nSPS) is 25.1. The van der Waals surface area contributed by atoms with Crippen LogP contribution in [0.2, 0.25) is 0 Å². The van der Waals surface area contributed by atoms with Crippen molar-refractivity contribution in [2.45, 2.75) is 38.9 Å². The van der Waals surface area contributed by atoms with Gasteiger partial charge < -0.3 is 15.7 Å². The molecule has 0 radical (unpaired) electrons. The number of carboxylic acid groups (broad SMARTS) is 1. The Morgan fingerprint density at radius 2 is 1.95 bits per heavy atom. The summed E-state index contributed by atoms with van der Waals surface area (Å²) in [4.78, 5) is 23.9. The van der Waals surface area contributed by atoms with E-state index in [-0.39, 0.29) is 12.5 Å². The van der Waals surface area contributed by atoms with Crippen LogP contribution >= 0.6 is 0 Å². The van der Waals surface area contributed by atoms with Crippen LogP contribution in [-0.2, 0) is 9.59 Å². The number of carbonyl (C=O) groups is 2. The van der Waals surface area contributed by atoms with Gasteiger partial charge in [-0.25, -0.2) is 0 Å². The molecule has 1 amide bonds. The van der Waals surface area contributed by atoms with Gasteiger partial charge in [0.1, 0.15) is 0 Å². The number of halogens is 3. The summed E-state index contributed by atoms with van der Waals surface area (Å²) in [6.07, 6.45) is -5.18. The Morgan fingerprint density at radius 3 is 2.30 bits per heavy atom. The highest BCUT2D eigenvalue weighted by atomic mass is 19.4. The zero-order valence-electron chi connectivity index (χ0n) is 11.4. The Kier molecular flexibility index (Phi) is 4.68. The van der Waals surface area contributed by atoms with Crippen LogP contribution in [0.5, 0.6) is 0 Å². The molecule has 0 bridgehead atoms. The summed E-state index contributed by atoms with van der Waals surface area (Å²) in [7, 11) is 0. The summed E-state index contributed by atoms with van der Waals surface area (Å²) in [5, 5.41) is 8.89. The van der Waals surface area contributed by atoms with Crippen LogP contribution in [0.25, 0.3) is 0 Å². The van der Waals surface area contributed by atoms with E-state index in [1.54, 1.807) is 0 Å². The second kappa shape index (κ2) is 5.59. The van der Waals surface area contributed by atoms with Gasteiger partial charge in [-0.15, -0.1) is 0 Å². The summed E-state index contributed by atoms with van der Waals surface area (Å²) in [6, 6.07) is -0.896. The average Bonchev–Trinajstić information content (AvgIpc) is 2.72. The zero-order chi connectivity index (χ0) is 15.7. The lowest BCUT2D eigenvalue weighted by Gasteiger charge is -2.28. The van der Waals surface area contributed by atoms with Gasteiger partial charge in [-0.3, -0.25) is 9.59 Å². The van der Waals surface area contributed by atoms with Crippen molar-refractivity contribution in [2.24, 2.45) is 17.1 Å². The first-order chi connectivity index (χ1) is 9.01. The van der Waals surface area contributed by atoms with Crippen LogP contribution in [0.15, 0.2) is 0 Å². The molecule has 2 atom stereocenters. The number of carboxylic acids is 1. The summed E-state index contributed by atoms with van der Waals surface area (Å²) in [5.74, 6) is -2.44. The molecular formula is C12H19F3N2O3. The third-order valence-corrected chi connectivity index (χ3v) is 3.58. The smallest absolute Gasteiger partial charge is 0.406 e. The lowest BCUT2D eigenvalue weighted by atomic mass is 9.86. The number of rotatable bonds is 4. The largest absolute Gasteiger partial charge is 0.481 e. The highest BCUT2D eigenvalue weighted by molar-refractivity contribution is 5.84. The van der Waals surface area contributed by atoms with Crippen LogP contribution in [0.3, 0.4) is 0 Å². The van der Waals surface area contributed by atoms with Gasteiger partial charge in [-0.1, -0.05) is 13.8 Å². The maximum atomic E-state index is 13.0. The number of amides is 1. The molecule has 8 heteroatoms. The topological polar surface area (TPSA) is 83.6 Å². The van der Waals surface area contributed by atoms with Crippen molar-refractivity contribution >= 4 is 11.9 Å². The number of aliphatic carboxylic acids is 1. The fourth-order valence-corrected chi connectivity index (χ4v) is 2.37. The fourth-order valence-electron chi connectivity index (χ4n) is 2.37. The van der Waals surface area contributed by atoms with Gasteiger partial charge in [0.15, 0.2) is 5.41 Å². The molecule has 0 aromatic carbocycles. The van der Waals surface area contributed by atoms with E-state index in [0.29, 0.717) is 6.42 Å². The lowest BCUT2D eigenvalue weighted by molar-refractivity contribution is -0.227. The molecule has 116 valence electrons. The second-order valence-electron chi connectivity index (χ2n) is 5.63. The summed E-state index contributed by atoms with van der Waals surface area (Å²) >= 11 is 0. The molecule has 3 N–H and O–H groups in total. The molecule has 1 aliphatic heterocycles. The van der Waals surface area contributed by atoms with E-state index < -0.39 is 42.5 Å². The molecule has 0 aliphatic carbocycles. The summed E-state index contributed by atoms with van der Waals surface area (Å²) in [5.41, 5.74) is 2.78. The first kappa shape index (κ1) is 16.7. The summed E-state index contributed by atoms with van der Waals surface area (Å²) < 4.78 is 38.9. The SMILES string of the molecule is CC(C)C[C@H](N)C(=O)N1CCC(C(=O)O)(C(F)(F)F)C1. The molecule has 0 saturated carbocycles. The third kappa shape index (κ3) is 3.05. The van der Waals surface area contributed by atoms with Gasteiger partial charge in [0, 0.05) is 13.1 Å².